The zero-order chi connectivity index (χ0) is 11.7. The van der Waals surface area contributed by atoms with E-state index in [1.165, 1.54) is 11.3 Å². The number of hydrogen-bond acceptors (Lipinski definition) is 5. The van der Waals surface area contributed by atoms with Crippen LogP contribution >= 0.6 is 11.3 Å². The largest absolute Gasteiger partial charge is 0.383 e. The van der Waals surface area contributed by atoms with Crippen LogP contribution in [0.4, 0.5) is 5.82 Å². The Bertz CT molecular complexity index is 473. The molecule has 0 aliphatic heterocycles. The van der Waals surface area contributed by atoms with Crippen LogP contribution in [0.25, 0.3) is 10.8 Å². The first-order chi connectivity index (χ1) is 7.59. The van der Waals surface area contributed by atoms with Gasteiger partial charge in [-0.2, -0.15) is 0 Å². The van der Waals surface area contributed by atoms with Gasteiger partial charge in [-0.05, 0) is 12.8 Å². The van der Waals surface area contributed by atoms with Crippen molar-refractivity contribution in [2.75, 3.05) is 5.73 Å². The summed E-state index contributed by atoms with van der Waals surface area (Å²) < 4.78 is 2.04. The third-order valence-electron chi connectivity index (χ3n) is 2.69. The summed E-state index contributed by atoms with van der Waals surface area (Å²) in [5.74, 6) is 1.85. The molecule has 0 radical (unpaired) electrons. The molecule has 1 atom stereocenters. The third-order valence-corrected chi connectivity index (χ3v) is 3.55. The lowest BCUT2D eigenvalue weighted by Gasteiger charge is -2.17. The molecule has 16 heavy (non-hydrogen) atoms. The summed E-state index contributed by atoms with van der Waals surface area (Å²) in [5.41, 5.74) is 5.61. The topological polar surface area (TPSA) is 69.6 Å². The number of rotatable bonds is 3. The zero-order valence-corrected chi connectivity index (χ0v) is 10.4. The summed E-state index contributed by atoms with van der Waals surface area (Å²) in [4.78, 5) is 4.23. The monoisotopic (exact) mass is 237 g/mol. The van der Waals surface area contributed by atoms with Crippen LogP contribution in [0.1, 0.15) is 26.8 Å². The molecule has 86 valence electrons. The average Bonchev–Trinajstić information content (AvgIpc) is 2.83. The second-order valence-corrected chi connectivity index (χ2v) is 4.98. The Kier molecular flexibility index (Phi) is 2.91. The Balaban J connectivity index is 2.39. The van der Waals surface area contributed by atoms with E-state index < -0.39 is 0 Å². The minimum absolute atomic E-state index is 0.343. The van der Waals surface area contributed by atoms with Gasteiger partial charge in [0.15, 0.2) is 10.8 Å². The molecule has 0 amide bonds. The van der Waals surface area contributed by atoms with Crippen molar-refractivity contribution in [1.29, 1.82) is 0 Å². The van der Waals surface area contributed by atoms with Crippen LogP contribution in [0.5, 0.6) is 0 Å². The van der Waals surface area contributed by atoms with Gasteiger partial charge in [0.1, 0.15) is 12.1 Å². The highest BCUT2D eigenvalue weighted by Crippen LogP contribution is 2.27. The predicted octanol–water partition coefficient (Wildman–Crippen LogP) is 2.20. The Morgan fingerprint density at radius 2 is 2.12 bits per heavy atom. The van der Waals surface area contributed by atoms with E-state index in [-0.39, 0.29) is 0 Å². The second-order valence-electron chi connectivity index (χ2n) is 4.12. The molecular formula is C10H15N5S. The van der Waals surface area contributed by atoms with Gasteiger partial charge < -0.3 is 10.3 Å². The molecule has 0 aromatic carbocycles. The van der Waals surface area contributed by atoms with Gasteiger partial charge in [-0.3, -0.25) is 0 Å². The van der Waals surface area contributed by atoms with Crippen molar-refractivity contribution in [3.05, 3.63) is 11.7 Å². The molecule has 0 unspecified atom stereocenters. The second kappa shape index (κ2) is 4.21. The Hall–Kier alpha value is -1.43. The van der Waals surface area contributed by atoms with Gasteiger partial charge in [0.05, 0.1) is 0 Å². The van der Waals surface area contributed by atoms with Crippen molar-refractivity contribution in [3.8, 4) is 10.8 Å². The van der Waals surface area contributed by atoms with Crippen LogP contribution in [0.15, 0.2) is 11.7 Å². The molecule has 2 N–H and O–H groups in total. The Morgan fingerprint density at radius 1 is 1.38 bits per heavy atom. The fourth-order valence-corrected chi connectivity index (χ4v) is 2.10. The molecule has 6 heteroatoms. The summed E-state index contributed by atoms with van der Waals surface area (Å²) in [5, 5.41) is 10.7. The minimum Gasteiger partial charge on any atom is -0.383 e. The zero-order valence-electron chi connectivity index (χ0n) is 9.58. The third kappa shape index (κ3) is 1.92. The predicted molar refractivity (Wildman–Crippen MR) is 65.1 cm³/mol. The van der Waals surface area contributed by atoms with Crippen LogP contribution in [-0.4, -0.2) is 19.7 Å². The fourth-order valence-electron chi connectivity index (χ4n) is 1.40. The summed E-state index contributed by atoms with van der Waals surface area (Å²) in [6.45, 7) is 6.49. The normalized spacial score (nSPS) is 13.2. The lowest BCUT2D eigenvalue weighted by Crippen LogP contribution is -2.11. The number of aromatic nitrogens is 4. The number of hydrogen-bond donors (Lipinski definition) is 1. The lowest BCUT2D eigenvalue weighted by molar-refractivity contribution is 0.410. The van der Waals surface area contributed by atoms with Crippen molar-refractivity contribution in [1.82, 2.24) is 19.7 Å². The first kappa shape index (κ1) is 11.1. The molecule has 2 aromatic rings. The average molecular weight is 237 g/mol. The maximum Gasteiger partial charge on any atom is 0.193 e. The number of thiazole rings is 1. The van der Waals surface area contributed by atoms with E-state index in [0.29, 0.717) is 17.8 Å². The molecule has 2 aromatic heterocycles. The van der Waals surface area contributed by atoms with Crippen LogP contribution in [-0.2, 0) is 0 Å². The van der Waals surface area contributed by atoms with Gasteiger partial charge in [0.25, 0.3) is 0 Å². The molecule has 2 heterocycles. The summed E-state index contributed by atoms with van der Waals surface area (Å²) >= 11 is 1.49. The molecule has 0 saturated heterocycles. The molecule has 0 saturated carbocycles. The summed E-state index contributed by atoms with van der Waals surface area (Å²) in [6, 6.07) is 0.343. The highest BCUT2D eigenvalue weighted by atomic mass is 32.1. The van der Waals surface area contributed by atoms with Crippen LogP contribution in [0.2, 0.25) is 0 Å². The van der Waals surface area contributed by atoms with Crippen molar-refractivity contribution in [2.45, 2.75) is 26.8 Å². The number of nitrogens with zero attached hydrogens (tertiary/aromatic N) is 4. The first-order valence-electron chi connectivity index (χ1n) is 5.20. The van der Waals surface area contributed by atoms with E-state index in [1.807, 2.05) is 9.95 Å². The van der Waals surface area contributed by atoms with E-state index in [9.17, 15) is 0 Å². The maximum absolute atomic E-state index is 5.61. The molecule has 0 aliphatic rings. The van der Waals surface area contributed by atoms with Crippen LogP contribution < -0.4 is 5.73 Å². The van der Waals surface area contributed by atoms with E-state index in [4.69, 9.17) is 5.73 Å². The van der Waals surface area contributed by atoms with E-state index in [2.05, 4.69) is 36.0 Å². The van der Waals surface area contributed by atoms with Crippen LogP contribution in [0, 0.1) is 5.92 Å². The van der Waals surface area contributed by atoms with Crippen molar-refractivity contribution in [2.24, 2.45) is 5.92 Å². The number of nitrogens with two attached hydrogens (primary N) is 1. The summed E-state index contributed by atoms with van der Waals surface area (Å²) in [6.07, 6.45) is 1.75. The number of anilines is 1. The molecule has 0 fully saturated rings. The minimum atomic E-state index is 0.343. The smallest absolute Gasteiger partial charge is 0.193 e. The number of nitrogen functional groups attached to an aromatic ring is 1. The van der Waals surface area contributed by atoms with Gasteiger partial charge >= 0.3 is 0 Å². The van der Waals surface area contributed by atoms with E-state index in [0.717, 1.165) is 10.8 Å². The standard InChI is InChI=1S/C10H15N5S/c1-6(2)7(3)15-5-12-14-9(15)10-13-8(11)4-16-10/h4-7H,11H2,1-3H3/t7-/m0/s1. The Labute approximate surface area is 98.3 Å². The molecule has 0 spiro atoms. The molecule has 0 aliphatic carbocycles. The molecule has 0 bridgehead atoms. The van der Waals surface area contributed by atoms with E-state index >= 15 is 0 Å². The van der Waals surface area contributed by atoms with Gasteiger partial charge in [-0.15, -0.1) is 21.5 Å². The van der Waals surface area contributed by atoms with Crippen molar-refractivity contribution in [3.63, 3.8) is 0 Å². The van der Waals surface area contributed by atoms with Crippen LogP contribution in [0.3, 0.4) is 0 Å². The fraction of sp³-hybridized carbons (Fsp3) is 0.500. The summed E-state index contributed by atoms with van der Waals surface area (Å²) in [7, 11) is 0. The molecule has 2 rings (SSSR count). The quantitative estimate of drug-likeness (QED) is 0.888. The molecular weight excluding hydrogens is 222 g/mol. The van der Waals surface area contributed by atoms with Gasteiger partial charge in [0, 0.05) is 11.4 Å². The van der Waals surface area contributed by atoms with Gasteiger partial charge in [0.2, 0.25) is 0 Å². The maximum atomic E-state index is 5.61. The van der Waals surface area contributed by atoms with Gasteiger partial charge in [-0.25, -0.2) is 4.98 Å². The highest BCUT2D eigenvalue weighted by molar-refractivity contribution is 7.13. The highest BCUT2D eigenvalue weighted by Gasteiger charge is 2.17. The van der Waals surface area contributed by atoms with Crippen molar-refractivity contribution < 1.29 is 0 Å². The Morgan fingerprint density at radius 3 is 2.69 bits per heavy atom. The van der Waals surface area contributed by atoms with E-state index in [1.54, 1.807) is 6.33 Å². The molecule has 5 nitrogen and oxygen atoms in total. The van der Waals surface area contributed by atoms with Gasteiger partial charge in [-0.1, -0.05) is 13.8 Å². The first-order valence-corrected chi connectivity index (χ1v) is 6.08. The lowest BCUT2D eigenvalue weighted by atomic mass is 10.1. The van der Waals surface area contributed by atoms with Crippen molar-refractivity contribution >= 4 is 17.2 Å². The SMILES string of the molecule is CC(C)[C@H](C)n1cnnc1-c1nc(N)cs1.